The predicted octanol–water partition coefficient (Wildman–Crippen LogP) is 6.02. The summed E-state index contributed by atoms with van der Waals surface area (Å²) in [5.74, 6) is -1.15. The third-order valence-corrected chi connectivity index (χ3v) is 6.37. The highest BCUT2D eigenvalue weighted by atomic mass is 35.5. The summed E-state index contributed by atoms with van der Waals surface area (Å²) in [6.45, 7) is 6.48. The first-order valence-electron chi connectivity index (χ1n) is 11.8. The van der Waals surface area contributed by atoms with Gasteiger partial charge in [0.1, 0.15) is 11.5 Å². The first kappa shape index (κ1) is 26.1. The molecule has 1 amide bonds. The molecule has 1 unspecified atom stereocenters. The van der Waals surface area contributed by atoms with Gasteiger partial charge in [0.05, 0.1) is 30.4 Å². The molecule has 0 spiro atoms. The number of rotatable bonds is 7. The van der Waals surface area contributed by atoms with Crippen LogP contribution in [-0.4, -0.2) is 35.6 Å². The highest BCUT2D eigenvalue weighted by molar-refractivity contribution is 6.51. The zero-order valence-corrected chi connectivity index (χ0v) is 21.7. The van der Waals surface area contributed by atoms with Gasteiger partial charge in [-0.05, 0) is 66.4 Å². The average molecular weight is 522 g/mol. The van der Waals surface area contributed by atoms with Crippen molar-refractivity contribution in [2.75, 3.05) is 18.6 Å². The Hall–Kier alpha value is -3.97. The van der Waals surface area contributed by atoms with Gasteiger partial charge >= 0.3 is 0 Å². The fourth-order valence-electron chi connectivity index (χ4n) is 4.28. The van der Waals surface area contributed by atoms with E-state index in [4.69, 9.17) is 21.1 Å². The molecule has 3 aromatic rings. The number of ether oxygens (including phenoxy) is 2. The summed E-state index contributed by atoms with van der Waals surface area (Å²) in [5, 5.41) is 21.7. The number of aliphatic hydroxyl groups excluding tert-OH is 1. The second-order valence-electron chi connectivity index (χ2n) is 9.24. The fraction of sp³-hybridized carbons (Fsp3) is 0.241. The molecule has 3 aromatic carbocycles. The number of halogens is 1. The molecular formula is C29H28ClNO6. The molecule has 0 saturated carbocycles. The second kappa shape index (κ2) is 10.6. The molecule has 192 valence electrons. The van der Waals surface area contributed by atoms with Crippen LogP contribution in [0.5, 0.6) is 17.2 Å². The van der Waals surface area contributed by atoms with Crippen molar-refractivity contribution in [1.82, 2.24) is 0 Å². The Kier molecular flexibility index (Phi) is 7.45. The molecule has 8 heteroatoms. The predicted molar refractivity (Wildman–Crippen MR) is 142 cm³/mol. The van der Waals surface area contributed by atoms with Crippen molar-refractivity contribution in [3.8, 4) is 17.2 Å². The van der Waals surface area contributed by atoms with Crippen molar-refractivity contribution in [2.24, 2.45) is 5.92 Å². The summed E-state index contributed by atoms with van der Waals surface area (Å²) >= 11 is 6.27. The number of anilines is 1. The van der Waals surface area contributed by atoms with E-state index in [0.29, 0.717) is 35.1 Å². The van der Waals surface area contributed by atoms with E-state index in [0.717, 1.165) is 5.56 Å². The Morgan fingerprint density at radius 2 is 1.76 bits per heavy atom. The summed E-state index contributed by atoms with van der Waals surface area (Å²) in [4.78, 5) is 28.0. The Morgan fingerprint density at radius 1 is 1.05 bits per heavy atom. The number of phenolic OH excluding ortho intramolecular Hbond substituents is 1. The van der Waals surface area contributed by atoms with E-state index >= 15 is 0 Å². The van der Waals surface area contributed by atoms with E-state index in [1.165, 1.54) is 24.1 Å². The zero-order valence-electron chi connectivity index (χ0n) is 21.0. The molecule has 1 aliphatic rings. The van der Waals surface area contributed by atoms with E-state index in [-0.39, 0.29) is 27.9 Å². The minimum atomic E-state index is -1.02. The lowest BCUT2D eigenvalue weighted by atomic mass is 9.94. The Bertz CT molecular complexity index is 1380. The molecular weight excluding hydrogens is 494 g/mol. The highest BCUT2D eigenvalue weighted by Crippen LogP contribution is 2.46. The molecule has 0 radical (unpaired) electrons. The number of nitrogens with zero attached hydrogens (tertiary/aromatic N) is 1. The summed E-state index contributed by atoms with van der Waals surface area (Å²) in [6, 6.07) is 15.7. The van der Waals surface area contributed by atoms with E-state index < -0.39 is 17.7 Å². The Morgan fingerprint density at radius 3 is 2.38 bits per heavy atom. The number of methoxy groups -OCH3 is 1. The lowest BCUT2D eigenvalue weighted by molar-refractivity contribution is -0.132. The largest absolute Gasteiger partial charge is 0.507 e. The molecule has 7 nitrogen and oxygen atoms in total. The molecule has 1 aliphatic heterocycles. The number of para-hydroxylation sites is 1. The van der Waals surface area contributed by atoms with Crippen molar-refractivity contribution < 1.29 is 29.3 Å². The number of aromatic hydroxyl groups is 1. The van der Waals surface area contributed by atoms with Crippen molar-refractivity contribution in [3.05, 3.63) is 87.9 Å². The molecule has 1 atom stereocenters. The van der Waals surface area contributed by atoms with Crippen molar-refractivity contribution in [1.29, 1.82) is 0 Å². The molecule has 0 bridgehead atoms. The number of carbonyl (C=O) groups excluding carboxylic acids is 2. The maximum Gasteiger partial charge on any atom is 0.300 e. The highest BCUT2D eigenvalue weighted by Gasteiger charge is 2.47. The van der Waals surface area contributed by atoms with Crippen molar-refractivity contribution >= 4 is 34.7 Å². The van der Waals surface area contributed by atoms with Crippen LogP contribution in [0.2, 0.25) is 5.02 Å². The van der Waals surface area contributed by atoms with Gasteiger partial charge in [0.25, 0.3) is 11.7 Å². The van der Waals surface area contributed by atoms with Crippen LogP contribution in [0.1, 0.15) is 36.6 Å². The molecule has 4 rings (SSSR count). The van der Waals surface area contributed by atoms with Gasteiger partial charge in [-0.2, -0.15) is 0 Å². The van der Waals surface area contributed by atoms with Crippen LogP contribution in [0, 0.1) is 12.8 Å². The van der Waals surface area contributed by atoms with Gasteiger partial charge in [-0.25, -0.2) is 0 Å². The zero-order chi connectivity index (χ0) is 26.9. The minimum Gasteiger partial charge on any atom is -0.507 e. The first-order valence-corrected chi connectivity index (χ1v) is 12.2. The standard InChI is InChI=1S/C29H28ClNO6/c1-16(2)15-37-22-11-10-18(12-17(22)3)26(32)24-25(19-13-21(30)27(33)23(14-19)36-4)31(29(35)28(24)34)20-8-6-5-7-9-20/h5-14,16,25,32-33H,15H2,1-4H3/b26-24+. The van der Waals surface area contributed by atoms with Crippen LogP contribution in [0.15, 0.2) is 66.2 Å². The number of benzene rings is 3. The topological polar surface area (TPSA) is 96.3 Å². The maximum atomic E-state index is 13.4. The van der Waals surface area contributed by atoms with Gasteiger partial charge in [-0.15, -0.1) is 0 Å². The van der Waals surface area contributed by atoms with Gasteiger partial charge in [0.15, 0.2) is 11.5 Å². The Labute approximate surface area is 220 Å². The number of hydrogen-bond acceptors (Lipinski definition) is 6. The van der Waals surface area contributed by atoms with Crippen molar-refractivity contribution in [3.63, 3.8) is 0 Å². The monoisotopic (exact) mass is 521 g/mol. The molecule has 1 fully saturated rings. The first-order chi connectivity index (χ1) is 17.6. The average Bonchev–Trinajstić information content (AvgIpc) is 3.15. The summed E-state index contributed by atoms with van der Waals surface area (Å²) in [7, 11) is 1.37. The molecule has 37 heavy (non-hydrogen) atoms. The smallest absolute Gasteiger partial charge is 0.300 e. The lowest BCUT2D eigenvalue weighted by Crippen LogP contribution is -2.29. The fourth-order valence-corrected chi connectivity index (χ4v) is 4.50. The third-order valence-electron chi connectivity index (χ3n) is 6.09. The molecule has 1 heterocycles. The number of phenols is 1. The van der Waals surface area contributed by atoms with Crippen LogP contribution in [0.4, 0.5) is 5.69 Å². The molecule has 0 aromatic heterocycles. The van der Waals surface area contributed by atoms with Crippen LogP contribution in [0.25, 0.3) is 5.76 Å². The number of amides is 1. The quantitative estimate of drug-likeness (QED) is 0.224. The molecule has 2 N–H and O–H groups in total. The van der Waals surface area contributed by atoms with Gasteiger partial charge in [0.2, 0.25) is 0 Å². The van der Waals surface area contributed by atoms with Gasteiger partial charge in [-0.3, -0.25) is 14.5 Å². The van der Waals surface area contributed by atoms with Crippen LogP contribution in [-0.2, 0) is 9.59 Å². The number of aryl methyl sites for hydroxylation is 1. The summed E-state index contributed by atoms with van der Waals surface area (Å²) in [6.07, 6.45) is 0. The van der Waals surface area contributed by atoms with Gasteiger partial charge in [-0.1, -0.05) is 43.6 Å². The number of carbonyl (C=O) groups is 2. The van der Waals surface area contributed by atoms with Crippen LogP contribution in [0.3, 0.4) is 0 Å². The van der Waals surface area contributed by atoms with Crippen LogP contribution < -0.4 is 14.4 Å². The van der Waals surface area contributed by atoms with Gasteiger partial charge in [0, 0.05) is 11.3 Å². The van der Waals surface area contributed by atoms with Crippen LogP contribution >= 0.6 is 11.6 Å². The lowest BCUT2D eigenvalue weighted by Gasteiger charge is -2.26. The van der Waals surface area contributed by atoms with E-state index in [1.807, 2.05) is 20.8 Å². The van der Waals surface area contributed by atoms with Gasteiger partial charge < -0.3 is 19.7 Å². The minimum absolute atomic E-state index is 0.0181. The third kappa shape index (κ3) is 5.00. The van der Waals surface area contributed by atoms with E-state index in [9.17, 15) is 19.8 Å². The number of aliphatic hydroxyl groups is 1. The second-order valence-corrected chi connectivity index (χ2v) is 9.65. The Balaban J connectivity index is 1.90. The van der Waals surface area contributed by atoms with Crippen molar-refractivity contribution in [2.45, 2.75) is 26.8 Å². The maximum absolute atomic E-state index is 13.4. The molecule has 0 aliphatic carbocycles. The number of ketones is 1. The SMILES string of the molecule is COc1cc(C2/C(=C(\O)c3ccc(OCC(C)C)c(C)c3)C(=O)C(=O)N2c2ccccc2)cc(Cl)c1O. The number of Topliss-reactive ketones (excluding diaryl/α,β-unsaturated/α-hetero) is 1. The summed E-state index contributed by atoms with van der Waals surface area (Å²) in [5.41, 5.74) is 1.88. The number of hydrogen-bond donors (Lipinski definition) is 2. The normalized spacial score (nSPS) is 16.9. The van der Waals surface area contributed by atoms with E-state index in [1.54, 1.807) is 48.5 Å². The summed E-state index contributed by atoms with van der Waals surface area (Å²) < 4.78 is 11.1. The molecule has 1 saturated heterocycles. The van der Waals surface area contributed by atoms with E-state index in [2.05, 4.69) is 0 Å².